The van der Waals surface area contributed by atoms with Gasteiger partial charge >= 0.3 is 5.97 Å². The van der Waals surface area contributed by atoms with Crippen molar-refractivity contribution in [2.45, 2.75) is 26.5 Å². The van der Waals surface area contributed by atoms with Gasteiger partial charge in [0, 0.05) is 23.2 Å². The molecule has 0 saturated carbocycles. The van der Waals surface area contributed by atoms with Gasteiger partial charge in [0.15, 0.2) is 17.6 Å². The fourth-order valence-electron chi connectivity index (χ4n) is 1.71. The van der Waals surface area contributed by atoms with Gasteiger partial charge in [0.1, 0.15) is 0 Å². The van der Waals surface area contributed by atoms with E-state index in [4.69, 9.17) is 25.8 Å². The number of ether oxygens (including phenoxy) is 3. The fourth-order valence-corrected chi connectivity index (χ4v) is 1.95. The Hall–Kier alpha value is -1.46. The Morgan fingerprint density at radius 3 is 2.70 bits per heavy atom. The maximum Gasteiger partial charge on any atom is 0.347 e. The van der Waals surface area contributed by atoms with E-state index < -0.39 is 12.1 Å². The normalized spacial score (nSPS) is 11.8. The van der Waals surface area contributed by atoms with Crippen molar-refractivity contribution in [2.75, 3.05) is 20.8 Å². The fraction of sp³-hybridized carbons (Fsp3) is 0.500. The van der Waals surface area contributed by atoms with E-state index >= 15 is 0 Å². The molecule has 0 radical (unpaired) electrons. The minimum atomic E-state index is -0.722. The van der Waals surface area contributed by atoms with Crippen LogP contribution < -0.4 is 14.8 Å². The molecule has 1 atom stereocenters. The number of methoxy groups -OCH3 is 1. The van der Waals surface area contributed by atoms with Gasteiger partial charge in [-0.25, -0.2) is 4.79 Å². The maximum absolute atomic E-state index is 11.7. The van der Waals surface area contributed by atoms with E-state index in [1.54, 1.807) is 26.0 Å². The zero-order valence-corrected chi connectivity index (χ0v) is 12.9. The highest BCUT2D eigenvalue weighted by atomic mass is 35.5. The Morgan fingerprint density at radius 1 is 1.45 bits per heavy atom. The molecule has 0 aliphatic heterocycles. The smallest absolute Gasteiger partial charge is 0.347 e. The summed E-state index contributed by atoms with van der Waals surface area (Å²) in [5, 5.41) is 3.56. The first kappa shape index (κ1) is 16.6. The molecule has 0 aliphatic rings. The summed E-state index contributed by atoms with van der Waals surface area (Å²) in [4.78, 5) is 11.7. The Bertz CT molecular complexity index is 465. The first-order valence-electron chi connectivity index (χ1n) is 6.37. The summed E-state index contributed by atoms with van der Waals surface area (Å²) >= 11 is 6.03. The highest BCUT2D eigenvalue weighted by molar-refractivity contribution is 6.30. The number of nitrogens with one attached hydrogen (secondary N) is 1. The minimum absolute atomic E-state index is 0.313. The zero-order chi connectivity index (χ0) is 15.1. The predicted molar refractivity (Wildman–Crippen MR) is 77.5 cm³/mol. The molecule has 0 spiro atoms. The van der Waals surface area contributed by atoms with E-state index in [-0.39, 0.29) is 0 Å². The van der Waals surface area contributed by atoms with Gasteiger partial charge in [-0.15, -0.1) is 0 Å². The molecule has 20 heavy (non-hydrogen) atoms. The van der Waals surface area contributed by atoms with Crippen molar-refractivity contribution in [1.29, 1.82) is 0 Å². The molecule has 5 nitrogen and oxygen atoms in total. The summed E-state index contributed by atoms with van der Waals surface area (Å²) in [6.07, 6.45) is -0.722. The Labute approximate surface area is 124 Å². The number of rotatable bonds is 7. The van der Waals surface area contributed by atoms with Gasteiger partial charge in [-0.3, -0.25) is 0 Å². The average molecular weight is 302 g/mol. The van der Waals surface area contributed by atoms with E-state index in [0.29, 0.717) is 29.7 Å². The summed E-state index contributed by atoms with van der Waals surface area (Å²) < 4.78 is 15.9. The molecule has 1 aromatic carbocycles. The minimum Gasteiger partial charge on any atom is -0.493 e. The van der Waals surface area contributed by atoms with Gasteiger partial charge in [-0.05, 0) is 27.0 Å². The van der Waals surface area contributed by atoms with Crippen LogP contribution in [0, 0.1) is 0 Å². The van der Waals surface area contributed by atoms with Gasteiger partial charge in [0.25, 0.3) is 0 Å². The molecular formula is C14H20ClNO4. The van der Waals surface area contributed by atoms with Crippen LogP contribution in [0.4, 0.5) is 0 Å². The zero-order valence-electron chi connectivity index (χ0n) is 12.2. The standard InChI is InChI=1S/C14H20ClNO4/c1-5-19-14(17)9(2)20-13-10(8-16-3)6-11(15)7-12(13)18-4/h6-7,9,16H,5,8H2,1-4H3. The summed E-state index contributed by atoms with van der Waals surface area (Å²) in [6.45, 7) is 4.24. The molecule has 0 fully saturated rings. The molecular weight excluding hydrogens is 282 g/mol. The number of halogens is 1. The molecule has 0 bridgehead atoms. The van der Waals surface area contributed by atoms with E-state index in [1.165, 1.54) is 7.11 Å². The summed E-state index contributed by atoms with van der Waals surface area (Å²) in [5.74, 6) is 0.561. The van der Waals surface area contributed by atoms with Crippen molar-refractivity contribution in [3.63, 3.8) is 0 Å². The molecule has 1 N–H and O–H groups in total. The highest BCUT2D eigenvalue weighted by Crippen LogP contribution is 2.35. The largest absolute Gasteiger partial charge is 0.493 e. The van der Waals surface area contributed by atoms with Crippen LogP contribution in [0.1, 0.15) is 19.4 Å². The number of hydrogen-bond acceptors (Lipinski definition) is 5. The molecule has 0 aromatic heterocycles. The average Bonchev–Trinajstić information content (AvgIpc) is 2.41. The SMILES string of the molecule is CCOC(=O)C(C)Oc1c(CNC)cc(Cl)cc1OC. The molecule has 0 heterocycles. The van der Waals surface area contributed by atoms with Crippen molar-refractivity contribution in [3.05, 3.63) is 22.7 Å². The van der Waals surface area contributed by atoms with Gasteiger partial charge < -0.3 is 19.5 Å². The first-order chi connectivity index (χ1) is 9.53. The van der Waals surface area contributed by atoms with E-state index in [9.17, 15) is 4.79 Å². The van der Waals surface area contributed by atoms with Crippen LogP contribution in [0.15, 0.2) is 12.1 Å². The van der Waals surface area contributed by atoms with Crippen LogP contribution in [0.25, 0.3) is 0 Å². The number of carbonyl (C=O) groups excluding carboxylic acids is 1. The van der Waals surface area contributed by atoms with Crippen LogP contribution in [-0.2, 0) is 16.1 Å². The van der Waals surface area contributed by atoms with Crippen molar-refractivity contribution >= 4 is 17.6 Å². The number of carbonyl (C=O) groups is 1. The molecule has 112 valence electrons. The summed E-state index contributed by atoms with van der Waals surface area (Å²) in [6, 6.07) is 3.42. The molecule has 1 unspecified atom stereocenters. The summed E-state index contributed by atoms with van der Waals surface area (Å²) in [5.41, 5.74) is 0.813. The lowest BCUT2D eigenvalue weighted by Crippen LogP contribution is -2.27. The topological polar surface area (TPSA) is 56.8 Å². The van der Waals surface area contributed by atoms with Crippen LogP contribution in [-0.4, -0.2) is 32.8 Å². The number of hydrogen-bond donors (Lipinski definition) is 1. The lowest BCUT2D eigenvalue weighted by atomic mass is 10.1. The lowest BCUT2D eigenvalue weighted by Gasteiger charge is -2.19. The molecule has 0 saturated heterocycles. The van der Waals surface area contributed by atoms with Crippen LogP contribution >= 0.6 is 11.6 Å². The lowest BCUT2D eigenvalue weighted by molar-refractivity contribution is -0.150. The Kier molecular flexibility index (Phi) is 6.61. The highest BCUT2D eigenvalue weighted by Gasteiger charge is 2.20. The third-order valence-electron chi connectivity index (χ3n) is 2.60. The van der Waals surface area contributed by atoms with E-state index in [2.05, 4.69) is 5.32 Å². The maximum atomic E-state index is 11.7. The van der Waals surface area contributed by atoms with Crippen LogP contribution in [0.5, 0.6) is 11.5 Å². The van der Waals surface area contributed by atoms with Gasteiger partial charge in [-0.2, -0.15) is 0 Å². The van der Waals surface area contributed by atoms with Crippen molar-refractivity contribution in [2.24, 2.45) is 0 Å². The van der Waals surface area contributed by atoms with Gasteiger partial charge in [0.05, 0.1) is 13.7 Å². The molecule has 0 amide bonds. The Balaban J connectivity index is 3.04. The van der Waals surface area contributed by atoms with Crippen molar-refractivity contribution in [1.82, 2.24) is 5.32 Å². The second kappa shape index (κ2) is 7.97. The molecule has 1 aromatic rings. The van der Waals surface area contributed by atoms with Crippen LogP contribution in [0.2, 0.25) is 5.02 Å². The summed E-state index contributed by atoms with van der Waals surface area (Å²) in [7, 11) is 3.34. The monoisotopic (exact) mass is 301 g/mol. The van der Waals surface area contributed by atoms with Gasteiger partial charge in [-0.1, -0.05) is 11.6 Å². The Morgan fingerprint density at radius 2 is 2.15 bits per heavy atom. The predicted octanol–water partition coefficient (Wildman–Crippen LogP) is 2.40. The molecule has 1 rings (SSSR count). The second-order valence-corrected chi connectivity index (χ2v) is 4.58. The molecule has 0 aliphatic carbocycles. The van der Waals surface area contributed by atoms with E-state index in [1.807, 2.05) is 7.05 Å². The third-order valence-corrected chi connectivity index (χ3v) is 2.82. The first-order valence-corrected chi connectivity index (χ1v) is 6.75. The van der Waals surface area contributed by atoms with Gasteiger partial charge in [0.2, 0.25) is 0 Å². The third kappa shape index (κ3) is 4.28. The van der Waals surface area contributed by atoms with Crippen molar-refractivity contribution < 1.29 is 19.0 Å². The number of benzene rings is 1. The van der Waals surface area contributed by atoms with E-state index in [0.717, 1.165) is 5.56 Å². The second-order valence-electron chi connectivity index (χ2n) is 4.14. The molecule has 6 heteroatoms. The quantitative estimate of drug-likeness (QED) is 0.784. The van der Waals surface area contributed by atoms with Crippen LogP contribution in [0.3, 0.4) is 0 Å². The van der Waals surface area contributed by atoms with Crippen molar-refractivity contribution in [3.8, 4) is 11.5 Å². The number of esters is 1.